The first-order chi connectivity index (χ1) is 12.6. The molecule has 7 nitrogen and oxygen atoms in total. The maximum atomic E-state index is 12.0. The Morgan fingerprint density at radius 1 is 1.26 bits per heavy atom. The summed E-state index contributed by atoms with van der Waals surface area (Å²) in [5, 5.41) is 6.16. The van der Waals surface area contributed by atoms with Crippen LogP contribution in [0.4, 0.5) is 0 Å². The van der Waals surface area contributed by atoms with Crippen molar-refractivity contribution >= 4 is 41.8 Å². The van der Waals surface area contributed by atoms with Crippen LogP contribution in [0.15, 0.2) is 35.3 Å². The number of piperidine rings is 1. The number of carbonyl (C=O) groups excluding carboxylic acids is 2. The number of likely N-dealkylation sites (tertiary alicyclic amines) is 1. The highest BCUT2D eigenvalue weighted by atomic mass is 127. The minimum atomic E-state index is -0.255. The summed E-state index contributed by atoms with van der Waals surface area (Å²) in [5.74, 6) is 0.793. The monoisotopic (exact) mass is 487 g/mol. The van der Waals surface area contributed by atoms with E-state index in [2.05, 4.69) is 20.5 Å². The van der Waals surface area contributed by atoms with Crippen LogP contribution in [-0.2, 0) is 16.1 Å². The van der Waals surface area contributed by atoms with Crippen molar-refractivity contribution in [3.8, 4) is 0 Å². The lowest BCUT2D eigenvalue weighted by Gasteiger charge is -2.34. The quantitative estimate of drug-likeness (QED) is 0.308. The van der Waals surface area contributed by atoms with Gasteiger partial charge >= 0.3 is 0 Å². The fourth-order valence-electron chi connectivity index (χ4n) is 3.21. The molecule has 0 bridgehead atoms. The van der Waals surface area contributed by atoms with Crippen LogP contribution in [0.1, 0.15) is 31.2 Å². The van der Waals surface area contributed by atoms with Crippen molar-refractivity contribution in [2.75, 3.05) is 26.7 Å². The standard InChI is InChI=1S/C19H29N5O2.HI/c1-21-19(24-11-5-8-16(14-24)12-17(20)25)22-10-9-18(26)23-13-15-6-3-2-4-7-15;/h2-4,6-7,16H,5,8-14H2,1H3,(H2,20,25)(H,21,22)(H,23,26);1H. The number of benzene rings is 1. The van der Waals surface area contributed by atoms with Crippen molar-refractivity contribution in [3.63, 3.8) is 0 Å². The van der Waals surface area contributed by atoms with Crippen LogP contribution in [0.25, 0.3) is 0 Å². The number of nitrogens with zero attached hydrogens (tertiary/aromatic N) is 2. The highest BCUT2D eigenvalue weighted by molar-refractivity contribution is 14.0. The molecule has 0 aliphatic carbocycles. The van der Waals surface area contributed by atoms with Crippen LogP contribution in [0.3, 0.4) is 0 Å². The number of amides is 2. The lowest BCUT2D eigenvalue weighted by molar-refractivity contribution is -0.121. The highest BCUT2D eigenvalue weighted by Crippen LogP contribution is 2.19. The molecule has 2 rings (SSSR count). The molecule has 0 aromatic heterocycles. The van der Waals surface area contributed by atoms with Crippen LogP contribution < -0.4 is 16.4 Å². The SMILES string of the molecule is CN=C(NCCC(=O)NCc1ccccc1)N1CCCC(CC(N)=O)C1.I. The molecule has 8 heteroatoms. The number of halogens is 1. The molecular formula is C19H30IN5O2. The Labute approximate surface area is 178 Å². The Morgan fingerprint density at radius 3 is 2.67 bits per heavy atom. The molecule has 0 radical (unpaired) electrons. The molecule has 1 unspecified atom stereocenters. The summed E-state index contributed by atoms with van der Waals surface area (Å²) in [7, 11) is 1.73. The van der Waals surface area contributed by atoms with E-state index in [1.54, 1.807) is 7.05 Å². The maximum absolute atomic E-state index is 12.0. The fraction of sp³-hybridized carbons (Fsp3) is 0.526. The van der Waals surface area contributed by atoms with Gasteiger partial charge in [0.15, 0.2) is 5.96 Å². The first-order valence-corrected chi connectivity index (χ1v) is 9.13. The number of aliphatic imine (C=N–C) groups is 1. The molecule has 1 heterocycles. The van der Waals surface area contributed by atoms with Gasteiger partial charge < -0.3 is 21.3 Å². The molecule has 1 fully saturated rings. The Bertz CT molecular complexity index is 624. The molecule has 4 N–H and O–H groups in total. The minimum absolute atomic E-state index is 0. The van der Waals surface area contributed by atoms with E-state index in [9.17, 15) is 9.59 Å². The third-order valence-corrected chi connectivity index (χ3v) is 4.49. The van der Waals surface area contributed by atoms with E-state index in [0.717, 1.165) is 37.5 Å². The third kappa shape index (κ3) is 8.59. The first kappa shape index (κ1) is 23.2. The lowest BCUT2D eigenvalue weighted by Crippen LogP contribution is -2.47. The third-order valence-electron chi connectivity index (χ3n) is 4.49. The normalized spacial score (nSPS) is 17.0. The summed E-state index contributed by atoms with van der Waals surface area (Å²) in [4.78, 5) is 29.6. The highest BCUT2D eigenvalue weighted by Gasteiger charge is 2.23. The van der Waals surface area contributed by atoms with E-state index in [-0.39, 0.29) is 41.7 Å². The van der Waals surface area contributed by atoms with Gasteiger partial charge in [0, 0.05) is 46.1 Å². The van der Waals surface area contributed by atoms with E-state index >= 15 is 0 Å². The van der Waals surface area contributed by atoms with Gasteiger partial charge in [0.05, 0.1) is 0 Å². The summed E-state index contributed by atoms with van der Waals surface area (Å²) in [5.41, 5.74) is 6.40. The number of nitrogens with one attached hydrogen (secondary N) is 2. The molecule has 150 valence electrons. The topological polar surface area (TPSA) is 99.8 Å². The summed E-state index contributed by atoms with van der Waals surface area (Å²) in [6.07, 6.45) is 2.81. The smallest absolute Gasteiger partial charge is 0.222 e. The number of rotatable bonds is 7. The summed E-state index contributed by atoms with van der Waals surface area (Å²) in [6, 6.07) is 9.84. The van der Waals surface area contributed by atoms with E-state index in [4.69, 9.17) is 5.73 Å². The van der Waals surface area contributed by atoms with Crippen molar-refractivity contribution in [3.05, 3.63) is 35.9 Å². The number of hydrogen-bond donors (Lipinski definition) is 3. The zero-order valence-electron chi connectivity index (χ0n) is 15.8. The van der Waals surface area contributed by atoms with Gasteiger partial charge in [-0.15, -0.1) is 24.0 Å². The van der Waals surface area contributed by atoms with Crippen LogP contribution in [-0.4, -0.2) is 49.4 Å². The second-order valence-electron chi connectivity index (χ2n) is 6.61. The molecule has 0 saturated carbocycles. The van der Waals surface area contributed by atoms with Crippen molar-refractivity contribution in [1.82, 2.24) is 15.5 Å². The van der Waals surface area contributed by atoms with Crippen molar-refractivity contribution in [2.45, 2.75) is 32.2 Å². The van der Waals surface area contributed by atoms with E-state index in [1.165, 1.54) is 0 Å². The average Bonchev–Trinajstić information content (AvgIpc) is 2.64. The zero-order valence-corrected chi connectivity index (χ0v) is 18.1. The largest absolute Gasteiger partial charge is 0.370 e. The number of carbonyl (C=O) groups is 2. The Morgan fingerprint density at radius 2 is 2.00 bits per heavy atom. The van der Waals surface area contributed by atoms with Crippen molar-refractivity contribution < 1.29 is 9.59 Å². The van der Waals surface area contributed by atoms with Gasteiger partial charge in [-0.05, 0) is 24.3 Å². The average molecular weight is 487 g/mol. The molecule has 1 aromatic rings. The Kier molecular flexibility index (Phi) is 10.8. The molecule has 1 aromatic carbocycles. The van der Waals surface area contributed by atoms with Gasteiger partial charge in [0.1, 0.15) is 0 Å². The van der Waals surface area contributed by atoms with Gasteiger partial charge in [-0.2, -0.15) is 0 Å². The van der Waals surface area contributed by atoms with Gasteiger partial charge in [-0.25, -0.2) is 0 Å². The summed E-state index contributed by atoms with van der Waals surface area (Å²) in [6.45, 7) is 2.72. The fourth-order valence-corrected chi connectivity index (χ4v) is 3.21. The number of hydrogen-bond acceptors (Lipinski definition) is 3. The van der Waals surface area contributed by atoms with Crippen LogP contribution in [0.2, 0.25) is 0 Å². The van der Waals surface area contributed by atoms with E-state index < -0.39 is 0 Å². The summed E-state index contributed by atoms with van der Waals surface area (Å²) >= 11 is 0. The lowest BCUT2D eigenvalue weighted by atomic mass is 9.95. The van der Waals surface area contributed by atoms with Gasteiger partial charge in [0.25, 0.3) is 0 Å². The van der Waals surface area contributed by atoms with Crippen molar-refractivity contribution in [2.24, 2.45) is 16.6 Å². The second-order valence-corrected chi connectivity index (χ2v) is 6.61. The predicted molar refractivity (Wildman–Crippen MR) is 118 cm³/mol. The molecule has 1 atom stereocenters. The van der Waals surface area contributed by atoms with Gasteiger partial charge in [-0.1, -0.05) is 30.3 Å². The number of nitrogens with two attached hydrogens (primary N) is 1. The Hall–Kier alpha value is -1.84. The molecule has 0 spiro atoms. The van der Waals surface area contributed by atoms with Gasteiger partial charge in [-0.3, -0.25) is 14.6 Å². The maximum Gasteiger partial charge on any atom is 0.222 e. The molecular weight excluding hydrogens is 457 g/mol. The van der Waals surface area contributed by atoms with Crippen LogP contribution in [0, 0.1) is 5.92 Å². The van der Waals surface area contributed by atoms with Crippen molar-refractivity contribution in [1.29, 1.82) is 0 Å². The van der Waals surface area contributed by atoms with E-state index in [0.29, 0.717) is 25.9 Å². The minimum Gasteiger partial charge on any atom is -0.370 e. The zero-order chi connectivity index (χ0) is 18.8. The molecule has 27 heavy (non-hydrogen) atoms. The van der Waals surface area contributed by atoms with Crippen LogP contribution >= 0.6 is 24.0 Å². The van der Waals surface area contributed by atoms with Gasteiger partial charge in [0.2, 0.25) is 11.8 Å². The molecule has 2 amide bonds. The summed E-state index contributed by atoms with van der Waals surface area (Å²) < 4.78 is 0. The Balaban J connectivity index is 0.00000364. The van der Waals surface area contributed by atoms with E-state index in [1.807, 2.05) is 30.3 Å². The molecule has 1 aliphatic rings. The second kappa shape index (κ2) is 12.5. The van der Waals surface area contributed by atoms with Crippen LogP contribution in [0.5, 0.6) is 0 Å². The predicted octanol–water partition coefficient (Wildman–Crippen LogP) is 1.47. The number of primary amides is 1. The first-order valence-electron chi connectivity index (χ1n) is 9.13. The molecule has 1 aliphatic heterocycles. The number of guanidine groups is 1. The molecule has 1 saturated heterocycles.